The molecule has 6 heteroatoms. The summed E-state index contributed by atoms with van der Waals surface area (Å²) in [4.78, 5) is 23.0. The molecule has 23 heavy (non-hydrogen) atoms. The zero-order valence-electron chi connectivity index (χ0n) is 12.9. The van der Waals surface area contributed by atoms with E-state index in [1.165, 1.54) is 0 Å². The number of carbonyl (C=O) groups is 1. The van der Waals surface area contributed by atoms with Gasteiger partial charge in [0.1, 0.15) is 6.04 Å². The molecule has 1 aromatic heterocycles. The molecule has 0 spiro atoms. The molecule has 1 N–H and O–H groups in total. The summed E-state index contributed by atoms with van der Waals surface area (Å²) in [5.74, 6) is 0.527. The van der Waals surface area contributed by atoms with Crippen LogP contribution in [0.15, 0.2) is 48.8 Å². The second-order valence-corrected chi connectivity index (χ2v) is 5.40. The van der Waals surface area contributed by atoms with Crippen LogP contribution < -0.4 is 5.32 Å². The fraction of sp³-hybridized carbons (Fsp3) is 0.353. The highest BCUT2D eigenvalue weighted by Gasteiger charge is 2.26. The molecule has 1 unspecified atom stereocenters. The van der Waals surface area contributed by atoms with Gasteiger partial charge in [0, 0.05) is 31.9 Å². The SMILES string of the molecule is O=C(C(Cc1ccccc1)Nc1ncccn1)N1CCOCC1. The van der Waals surface area contributed by atoms with Crippen molar-refractivity contribution in [1.29, 1.82) is 0 Å². The van der Waals surface area contributed by atoms with E-state index in [-0.39, 0.29) is 5.91 Å². The highest BCUT2D eigenvalue weighted by atomic mass is 16.5. The van der Waals surface area contributed by atoms with E-state index in [4.69, 9.17) is 4.74 Å². The van der Waals surface area contributed by atoms with Gasteiger partial charge < -0.3 is 15.0 Å². The van der Waals surface area contributed by atoms with Crippen LogP contribution in [0.1, 0.15) is 5.56 Å². The Bertz CT molecular complexity index is 574. The molecule has 120 valence electrons. The molecule has 1 saturated heterocycles. The minimum atomic E-state index is -0.391. The number of anilines is 1. The summed E-state index contributed by atoms with van der Waals surface area (Å²) >= 11 is 0. The van der Waals surface area contributed by atoms with Crippen LogP contribution in [0.5, 0.6) is 0 Å². The van der Waals surface area contributed by atoms with Gasteiger partial charge in [-0.1, -0.05) is 30.3 Å². The Kier molecular flexibility index (Phi) is 5.16. The van der Waals surface area contributed by atoms with E-state index in [1.54, 1.807) is 18.5 Å². The number of aromatic nitrogens is 2. The molecule has 1 aliphatic heterocycles. The summed E-state index contributed by atoms with van der Waals surface area (Å²) in [6, 6.07) is 11.3. The Morgan fingerprint density at radius 1 is 1.13 bits per heavy atom. The van der Waals surface area contributed by atoms with E-state index in [0.29, 0.717) is 38.7 Å². The number of benzene rings is 1. The average molecular weight is 312 g/mol. The van der Waals surface area contributed by atoms with Crippen LogP contribution in [0.4, 0.5) is 5.95 Å². The van der Waals surface area contributed by atoms with E-state index in [0.717, 1.165) is 5.56 Å². The van der Waals surface area contributed by atoms with Gasteiger partial charge >= 0.3 is 0 Å². The lowest BCUT2D eigenvalue weighted by Gasteiger charge is -2.30. The largest absolute Gasteiger partial charge is 0.378 e. The highest BCUT2D eigenvalue weighted by molar-refractivity contribution is 5.84. The number of carbonyl (C=O) groups excluding carboxylic acids is 1. The quantitative estimate of drug-likeness (QED) is 0.903. The van der Waals surface area contributed by atoms with Gasteiger partial charge in [-0.05, 0) is 11.6 Å². The van der Waals surface area contributed by atoms with Gasteiger partial charge in [-0.2, -0.15) is 0 Å². The Labute approximate surface area is 135 Å². The van der Waals surface area contributed by atoms with E-state index >= 15 is 0 Å². The number of rotatable bonds is 5. The predicted molar refractivity (Wildman–Crippen MR) is 87.0 cm³/mol. The maximum absolute atomic E-state index is 12.9. The maximum Gasteiger partial charge on any atom is 0.245 e. The lowest BCUT2D eigenvalue weighted by Crippen LogP contribution is -2.49. The van der Waals surface area contributed by atoms with Crippen LogP contribution in [-0.2, 0) is 16.0 Å². The number of morpholine rings is 1. The summed E-state index contributed by atoms with van der Waals surface area (Å²) in [6.07, 6.45) is 3.91. The van der Waals surface area contributed by atoms with Gasteiger partial charge in [0.25, 0.3) is 0 Å². The van der Waals surface area contributed by atoms with Gasteiger partial charge in [0.15, 0.2) is 0 Å². The Morgan fingerprint density at radius 3 is 2.52 bits per heavy atom. The van der Waals surface area contributed by atoms with Crippen LogP contribution in [0, 0.1) is 0 Å². The lowest BCUT2D eigenvalue weighted by molar-refractivity contribution is -0.136. The summed E-state index contributed by atoms with van der Waals surface area (Å²) in [6.45, 7) is 2.43. The first kappa shape index (κ1) is 15.4. The molecule has 1 amide bonds. The molecule has 1 aromatic carbocycles. The minimum absolute atomic E-state index is 0.0598. The molecule has 2 aromatic rings. The number of amides is 1. The molecule has 1 aliphatic rings. The molecule has 0 saturated carbocycles. The number of nitrogens with one attached hydrogen (secondary N) is 1. The summed E-state index contributed by atoms with van der Waals surface area (Å²) in [5, 5.41) is 3.17. The van der Waals surface area contributed by atoms with Gasteiger partial charge in [-0.15, -0.1) is 0 Å². The van der Waals surface area contributed by atoms with Crippen molar-refractivity contribution in [1.82, 2.24) is 14.9 Å². The zero-order valence-corrected chi connectivity index (χ0v) is 12.9. The fourth-order valence-electron chi connectivity index (χ4n) is 2.58. The van der Waals surface area contributed by atoms with E-state index in [2.05, 4.69) is 15.3 Å². The Balaban J connectivity index is 1.76. The van der Waals surface area contributed by atoms with E-state index in [1.807, 2.05) is 35.2 Å². The smallest absolute Gasteiger partial charge is 0.245 e. The molecule has 2 heterocycles. The normalized spacial score (nSPS) is 15.9. The Hall–Kier alpha value is -2.47. The summed E-state index contributed by atoms with van der Waals surface area (Å²) in [5.41, 5.74) is 1.10. The zero-order chi connectivity index (χ0) is 15.9. The molecular formula is C17H20N4O2. The number of nitrogens with zero attached hydrogens (tertiary/aromatic N) is 3. The van der Waals surface area contributed by atoms with Crippen LogP contribution in [0.25, 0.3) is 0 Å². The topological polar surface area (TPSA) is 67.4 Å². The van der Waals surface area contributed by atoms with Crippen molar-refractivity contribution in [2.75, 3.05) is 31.6 Å². The standard InChI is InChI=1S/C17H20N4O2/c22-16(21-9-11-23-12-10-21)15(13-14-5-2-1-3-6-14)20-17-18-7-4-8-19-17/h1-8,15H,9-13H2,(H,18,19,20). The summed E-state index contributed by atoms with van der Waals surface area (Å²) in [7, 11) is 0. The fourth-order valence-corrected chi connectivity index (χ4v) is 2.58. The van der Waals surface area contributed by atoms with Crippen molar-refractivity contribution in [3.05, 3.63) is 54.4 Å². The molecular weight excluding hydrogens is 292 g/mol. The van der Waals surface area contributed by atoms with Crippen molar-refractivity contribution in [2.24, 2.45) is 0 Å². The van der Waals surface area contributed by atoms with E-state index in [9.17, 15) is 4.79 Å². The van der Waals surface area contributed by atoms with Crippen molar-refractivity contribution < 1.29 is 9.53 Å². The van der Waals surface area contributed by atoms with Crippen molar-refractivity contribution in [2.45, 2.75) is 12.5 Å². The first-order valence-electron chi connectivity index (χ1n) is 7.77. The number of ether oxygens (including phenoxy) is 1. The van der Waals surface area contributed by atoms with Gasteiger partial charge in [-0.25, -0.2) is 9.97 Å². The second-order valence-electron chi connectivity index (χ2n) is 5.40. The van der Waals surface area contributed by atoms with Crippen LogP contribution in [0.3, 0.4) is 0 Å². The third-order valence-corrected chi connectivity index (χ3v) is 3.77. The molecule has 6 nitrogen and oxygen atoms in total. The first-order valence-corrected chi connectivity index (χ1v) is 7.77. The first-order chi connectivity index (χ1) is 11.3. The monoisotopic (exact) mass is 312 g/mol. The minimum Gasteiger partial charge on any atom is -0.378 e. The van der Waals surface area contributed by atoms with Crippen LogP contribution in [0.2, 0.25) is 0 Å². The Morgan fingerprint density at radius 2 is 1.83 bits per heavy atom. The molecule has 0 radical (unpaired) electrons. The molecule has 1 fully saturated rings. The third-order valence-electron chi connectivity index (χ3n) is 3.77. The number of hydrogen-bond donors (Lipinski definition) is 1. The third kappa shape index (κ3) is 4.26. The van der Waals surface area contributed by atoms with Crippen molar-refractivity contribution >= 4 is 11.9 Å². The molecule has 3 rings (SSSR count). The van der Waals surface area contributed by atoms with Gasteiger partial charge in [0.05, 0.1) is 13.2 Å². The highest BCUT2D eigenvalue weighted by Crippen LogP contribution is 2.11. The molecule has 0 bridgehead atoms. The number of hydrogen-bond acceptors (Lipinski definition) is 5. The maximum atomic E-state index is 12.9. The van der Waals surface area contributed by atoms with E-state index < -0.39 is 6.04 Å². The van der Waals surface area contributed by atoms with Gasteiger partial charge in [-0.3, -0.25) is 4.79 Å². The van der Waals surface area contributed by atoms with Crippen molar-refractivity contribution in [3.8, 4) is 0 Å². The van der Waals surface area contributed by atoms with Crippen LogP contribution in [-0.4, -0.2) is 53.1 Å². The lowest BCUT2D eigenvalue weighted by atomic mass is 10.0. The average Bonchev–Trinajstić information content (AvgIpc) is 2.63. The van der Waals surface area contributed by atoms with Crippen LogP contribution >= 0.6 is 0 Å². The predicted octanol–water partition coefficient (Wildman–Crippen LogP) is 1.36. The molecule has 0 aliphatic carbocycles. The summed E-state index contributed by atoms with van der Waals surface area (Å²) < 4.78 is 5.33. The van der Waals surface area contributed by atoms with Crippen molar-refractivity contribution in [3.63, 3.8) is 0 Å². The van der Waals surface area contributed by atoms with Gasteiger partial charge in [0.2, 0.25) is 11.9 Å². The molecule has 1 atom stereocenters. The second kappa shape index (κ2) is 7.69.